The highest BCUT2D eigenvalue weighted by Gasteiger charge is 2.10. The topological polar surface area (TPSA) is 44.8 Å². The van der Waals surface area contributed by atoms with Crippen LogP contribution in [0.4, 0.5) is 0 Å². The summed E-state index contributed by atoms with van der Waals surface area (Å²) in [4.78, 5) is 0. The fraction of sp³-hybridized carbons (Fsp3) is 0.273. The van der Waals surface area contributed by atoms with Gasteiger partial charge in [0.05, 0.1) is 26.9 Å². The van der Waals surface area contributed by atoms with Gasteiger partial charge in [-0.2, -0.15) is 0 Å². The minimum atomic E-state index is 0.247. The summed E-state index contributed by atoms with van der Waals surface area (Å²) >= 11 is 0.247. The molecule has 0 amide bonds. The molecule has 0 N–H and O–H groups in total. The molecule has 0 radical (unpaired) electrons. The van der Waals surface area contributed by atoms with E-state index in [0.29, 0.717) is 22.8 Å². The Hall–Kier alpha value is -1.71. The van der Waals surface area contributed by atoms with Crippen LogP contribution < -0.4 is 14.2 Å². The van der Waals surface area contributed by atoms with E-state index in [9.17, 15) is 4.21 Å². The number of ether oxygens (including phenoxy) is 3. The molecule has 0 aromatic heterocycles. The first-order chi connectivity index (χ1) is 7.76. The summed E-state index contributed by atoms with van der Waals surface area (Å²) in [6.07, 6.45) is 1.52. The average molecular weight is 240 g/mol. The van der Waals surface area contributed by atoms with E-state index in [2.05, 4.69) is 5.02 Å². The summed E-state index contributed by atoms with van der Waals surface area (Å²) in [5.41, 5.74) is 0.661. The van der Waals surface area contributed by atoms with E-state index in [1.54, 1.807) is 19.2 Å². The van der Waals surface area contributed by atoms with Crippen molar-refractivity contribution in [2.75, 3.05) is 21.3 Å². The first kappa shape index (κ1) is 12.4. The Morgan fingerprint density at radius 3 is 2.06 bits per heavy atom. The molecule has 0 unspecified atom stereocenters. The lowest BCUT2D eigenvalue weighted by atomic mass is 10.1. The Bertz CT molecular complexity index is 432. The van der Waals surface area contributed by atoms with Crippen molar-refractivity contribution in [2.24, 2.45) is 0 Å². The standard InChI is InChI=1S/C11H12O4S/c1-13-8-6-10(14-2)9(4-5-16-12)11(7-8)15-3/h4,6-7H,1-3H3. The lowest BCUT2D eigenvalue weighted by Gasteiger charge is -2.11. The third-order valence-electron chi connectivity index (χ3n) is 2.00. The van der Waals surface area contributed by atoms with Crippen molar-refractivity contribution in [2.45, 2.75) is 0 Å². The largest absolute Gasteiger partial charge is 0.496 e. The second kappa shape index (κ2) is 6.00. The van der Waals surface area contributed by atoms with Gasteiger partial charge in [0.2, 0.25) is 0 Å². The number of hydrogen-bond acceptors (Lipinski definition) is 4. The van der Waals surface area contributed by atoms with Gasteiger partial charge >= 0.3 is 0 Å². The van der Waals surface area contributed by atoms with Crippen LogP contribution in [0.25, 0.3) is 6.08 Å². The van der Waals surface area contributed by atoms with E-state index in [1.165, 1.54) is 20.3 Å². The lowest BCUT2D eigenvalue weighted by molar-refractivity contribution is 0.374. The zero-order chi connectivity index (χ0) is 12.0. The molecular formula is C11H12O4S. The number of methoxy groups -OCH3 is 3. The normalized spacial score (nSPS) is 8.94. The molecule has 0 heterocycles. The third-order valence-corrected chi connectivity index (χ3v) is 2.22. The molecule has 0 atom stereocenters. The number of rotatable bonds is 4. The first-order valence-corrected chi connectivity index (χ1v) is 5.18. The molecule has 0 aliphatic rings. The van der Waals surface area contributed by atoms with Gasteiger partial charge < -0.3 is 14.2 Å². The highest BCUT2D eigenvalue weighted by Crippen LogP contribution is 2.34. The summed E-state index contributed by atoms with van der Waals surface area (Å²) in [7, 11) is 4.63. The highest BCUT2D eigenvalue weighted by atomic mass is 32.1. The zero-order valence-electron chi connectivity index (χ0n) is 9.27. The number of benzene rings is 1. The van der Waals surface area contributed by atoms with Crippen LogP contribution in [-0.2, 0) is 11.3 Å². The Labute approximate surface area is 97.5 Å². The first-order valence-electron chi connectivity index (χ1n) is 4.44. The molecule has 0 saturated carbocycles. The number of hydrogen-bond donors (Lipinski definition) is 0. The summed E-state index contributed by atoms with van der Waals surface area (Å²) in [5.74, 6) is 1.76. The van der Waals surface area contributed by atoms with Crippen LogP contribution in [-0.4, -0.2) is 30.6 Å². The summed E-state index contributed by atoms with van der Waals surface area (Å²) in [6, 6.07) is 3.43. The lowest BCUT2D eigenvalue weighted by Crippen LogP contribution is -1.94. The quantitative estimate of drug-likeness (QED) is 0.745. The van der Waals surface area contributed by atoms with Crippen LogP contribution in [0.3, 0.4) is 0 Å². The van der Waals surface area contributed by atoms with Crippen LogP contribution in [0, 0.1) is 0 Å². The zero-order valence-corrected chi connectivity index (χ0v) is 10.1. The van der Waals surface area contributed by atoms with Gasteiger partial charge in [-0.25, -0.2) is 4.21 Å². The monoisotopic (exact) mass is 240 g/mol. The van der Waals surface area contributed by atoms with Gasteiger partial charge in [0.15, 0.2) is 0 Å². The smallest absolute Gasteiger partial charge is 0.142 e. The van der Waals surface area contributed by atoms with Gasteiger partial charge in [-0.15, -0.1) is 0 Å². The van der Waals surface area contributed by atoms with E-state index >= 15 is 0 Å². The van der Waals surface area contributed by atoms with Crippen molar-refractivity contribution in [3.63, 3.8) is 0 Å². The maximum atomic E-state index is 10.3. The summed E-state index contributed by atoms with van der Waals surface area (Å²) < 4.78 is 25.8. The molecule has 0 spiro atoms. The minimum absolute atomic E-state index is 0.247. The molecule has 1 aromatic carbocycles. The summed E-state index contributed by atoms with van der Waals surface area (Å²) in [6.45, 7) is 0. The molecule has 0 aliphatic heterocycles. The van der Waals surface area contributed by atoms with E-state index in [0.717, 1.165) is 0 Å². The van der Waals surface area contributed by atoms with Crippen LogP contribution in [0.1, 0.15) is 5.56 Å². The molecule has 1 aromatic rings. The van der Waals surface area contributed by atoms with E-state index in [-0.39, 0.29) is 11.3 Å². The molecule has 16 heavy (non-hydrogen) atoms. The summed E-state index contributed by atoms with van der Waals surface area (Å²) in [5, 5.41) is 2.49. The predicted molar refractivity (Wildman–Crippen MR) is 63.7 cm³/mol. The van der Waals surface area contributed by atoms with Crippen LogP contribution in [0.2, 0.25) is 0 Å². The second-order valence-electron chi connectivity index (χ2n) is 2.79. The van der Waals surface area contributed by atoms with Gasteiger partial charge in [0.1, 0.15) is 28.5 Å². The second-order valence-corrected chi connectivity index (χ2v) is 3.19. The van der Waals surface area contributed by atoms with Crippen LogP contribution >= 0.6 is 0 Å². The molecule has 4 nitrogen and oxygen atoms in total. The van der Waals surface area contributed by atoms with Crippen molar-refractivity contribution in [3.8, 4) is 17.2 Å². The predicted octanol–water partition coefficient (Wildman–Crippen LogP) is 1.34. The SMILES string of the molecule is COc1cc(OC)c(C=C=S=O)c(OC)c1. The molecule has 0 saturated heterocycles. The van der Waals surface area contributed by atoms with Crippen molar-refractivity contribution in [3.05, 3.63) is 17.7 Å². The van der Waals surface area contributed by atoms with Gasteiger partial charge in [-0.1, -0.05) is 0 Å². The highest BCUT2D eigenvalue weighted by molar-refractivity contribution is 7.64. The molecule has 86 valence electrons. The van der Waals surface area contributed by atoms with Gasteiger partial charge in [0, 0.05) is 18.2 Å². The van der Waals surface area contributed by atoms with Crippen molar-refractivity contribution < 1.29 is 18.4 Å². The van der Waals surface area contributed by atoms with E-state index in [1.807, 2.05) is 0 Å². The Morgan fingerprint density at radius 2 is 1.69 bits per heavy atom. The maximum absolute atomic E-state index is 10.3. The third kappa shape index (κ3) is 2.66. The van der Waals surface area contributed by atoms with Crippen molar-refractivity contribution >= 4 is 22.4 Å². The molecular weight excluding hydrogens is 228 g/mol. The van der Waals surface area contributed by atoms with Gasteiger partial charge in [-0.3, -0.25) is 0 Å². The van der Waals surface area contributed by atoms with Gasteiger partial charge in [0.25, 0.3) is 0 Å². The van der Waals surface area contributed by atoms with Crippen molar-refractivity contribution in [1.82, 2.24) is 0 Å². The van der Waals surface area contributed by atoms with E-state index < -0.39 is 0 Å². The molecule has 0 aliphatic carbocycles. The Kier molecular flexibility index (Phi) is 4.64. The molecule has 5 heteroatoms. The van der Waals surface area contributed by atoms with Crippen LogP contribution in [0.15, 0.2) is 12.1 Å². The maximum Gasteiger partial charge on any atom is 0.142 e. The molecule has 1 rings (SSSR count). The van der Waals surface area contributed by atoms with E-state index in [4.69, 9.17) is 14.2 Å². The van der Waals surface area contributed by atoms with Crippen molar-refractivity contribution in [1.29, 1.82) is 0 Å². The fourth-order valence-corrected chi connectivity index (χ4v) is 1.42. The Balaban J connectivity index is 3.42. The average Bonchev–Trinajstić information content (AvgIpc) is 2.35. The molecule has 0 bridgehead atoms. The minimum Gasteiger partial charge on any atom is -0.496 e. The van der Waals surface area contributed by atoms with Crippen LogP contribution in [0.5, 0.6) is 17.2 Å². The fourth-order valence-electron chi connectivity index (χ4n) is 1.26. The molecule has 0 fully saturated rings. The Morgan fingerprint density at radius 1 is 1.12 bits per heavy atom. The van der Waals surface area contributed by atoms with Gasteiger partial charge in [-0.05, 0) is 5.02 Å².